The second kappa shape index (κ2) is 7.65. The molecule has 1 aliphatic heterocycles. The quantitative estimate of drug-likeness (QED) is 0.618. The normalized spacial score (nSPS) is 16.2. The van der Waals surface area contributed by atoms with Crippen LogP contribution in [-0.4, -0.2) is 30.0 Å². The number of ether oxygens (including phenoxy) is 1. The van der Waals surface area contributed by atoms with Crippen molar-refractivity contribution in [3.63, 3.8) is 0 Å². The summed E-state index contributed by atoms with van der Waals surface area (Å²) in [7, 11) is 0. The Morgan fingerprint density at radius 2 is 2.09 bits per heavy atom. The number of hydrogen-bond donors (Lipinski definition) is 0. The number of benzene rings is 1. The van der Waals surface area contributed by atoms with Gasteiger partial charge in [-0.15, -0.1) is 0 Å². The van der Waals surface area contributed by atoms with E-state index in [2.05, 4.69) is 6.92 Å². The molecule has 0 aromatic heterocycles. The summed E-state index contributed by atoms with van der Waals surface area (Å²) in [5.41, 5.74) is 0.939. The van der Waals surface area contributed by atoms with Crippen molar-refractivity contribution in [2.24, 2.45) is 0 Å². The molecule has 1 heterocycles. The van der Waals surface area contributed by atoms with E-state index in [4.69, 9.17) is 4.74 Å². The Kier molecular flexibility index (Phi) is 5.60. The largest absolute Gasteiger partial charge is 0.490 e. The fourth-order valence-corrected chi connectivity index (χ4v) is 2.40. The Bertz CT molecular complexity index is 595. The third-order valence-corrected chi connectivity index (χ3v) is 3.87. The minimum absolute atomic E-state index is 0.0920. The minimum Gasteiger partial charge on any atom is -0.490 e. The van der Waals surface area contributed by atoms with Gasteiger partial charge >= 0.3 is 0 Å². The lowest BCUT2D eigenvalue weighted by Crippen LogP contribution is -2.28. The molecule has 1 fully saturated rings. The summed E-state index contributed by atoms with van der Waals surface area (Å²) >= 11 is 0. The van der Waals surface area contributed by atoms with Gasteiger partial charge in [-0.3, -0.25) is 4.79 Å². The van der Waals surface area contributed by atoms with Crippen LogP contribution >= 0.6 is 0 Å². The van der Waals surface area contributed by atoms with E-state index in [0.29, 0.717) is 5.75 Å². The fraction of sp³-hybridized carbons (Fsp3) is 0.444. The van der Waals surface area contributed by atoms with Crippen LogP contribution in [0.15, 0.2) is 29.8 Å². The van der Waals surface area contributed by atoms with Crippen molar-refractivity contribution >= 4 is 12.0 Å². The third kappa shape index (κ3) is 3.88. The molecular weight excluding hydrogens is 276 g/mol. The molecule has 1 aromatic rings. The number of nitriles is 1. The molecule has 116 valence electrons. The zero-order valence-corrected chi connectivity index (χ0v) is 13.2. The van der Waals surface area contributed by atoms with E-state index in [9.17, 15) is 10.1 Å². The molecule has 4 heteroatoms. The maximum absolute atomic E-state index is 12.4. The summed E-state index contributed by atoms with van der Waals surface area (Å²) in [5, 5.41) is 9.33. The number of para-hydroxylation sites is 1. The van der Waals surface area contributed by atoms with E-state index in [0.717, 1.165) is 37.9 Å². The Labute approximate surface area is 132 Å². The summed E-state index contributed by atoms with van der Waals surface area (Å²) in [6.45, 7) is 5.54. The van der Waals surface area contributed by atoms with E-state index in [-0.39, 0.29) is 17.6 Å². The number of likely N-dealkylation sites (tertiary alicyclic amines) is 1. The van der Waals surface area contributed by atoms with Crippen LogP contribution in [0.25, 0.3) is 6.08 Å². The number of rotatable bonds is 5. The van der Waals surface area contributed by atoms with Gasteiger partial charge in [0.1, 0.15) is 17.4 Å². The van der Waals surface area contributed by atoms with Gasteiger partial charge in [-0.1, -0.05) is 25.1 Å². The van der Waals surface area contributed by atoms with Crippen LogP contribution in [0.3, 0.4) is 0 Å². The summed E-state index contributed by atoms with van der Waals surface area (Å²) in [5.74, 6) is 0.525. The summed E-state index contributed by atoms with van der Waals surface area (Å²) in [4.78, 5) is 14.1. The first kappa shape index (κ1) is 16.1. The van der Waals surface area contributed by atoms with Gasteiger partial charge in [-0.25, -0.2) is 0 Å². The average molecular weight is 298 g/mol. The maximum Gasteiger partial charge on any atom is 0.264 e. The molecule has 1 saturated heterocycles. The predicted octanol–water partition coefficient (Wildman–Crippen LogP) is 3.39. The summed E-state index contributed by atoms with van der Waals surface area (Å²) < 4.78 is 5.87. The SMILES string of the molecule is CC[C@H](C)Oc1ccccc1/C=C(\C#N)C(=O)N1CCCC1. The molecular formula is C18H22N2O2. The number of carbonyl (C=O) groups is 1. The molecule has 0 saturated carbocycles. The first-order valence-corrected chi connectivity index (χ1v) is 7.82. The molecule has 0 unspecified atom stereocenters. The Hall–Kier alpha value is -2.28. The third-order valence-electron chi connectivity index (χ3n) is 3.87. The number of carbonyl (C=O) groups excluding carboxylic acids is 1. The van der Waals surface area contributed by atoms with Crippen molar-refractivity contribution in [1.29, 1.82) is 5.26 Å². The number of hydrogen-bond acceptors (Lipinski definition) is 3. The topological polar surface area (TPSA) is 53.3 Å². The molecule has 0 bridgehead atoms. The van der Waals surface area contributed by atoms with Crippen LogP contribution in [0.1, 0.15) is 38.7 Å². The molecule has 2 rings (SSSR count). The highest BCUT2D eigenvalue weighted by Gasteiger charge is 2.21. The monoisotopic (exact) mass is 298 g/mol. The molecule has 1 atom stereocenters. The van der Waals surface area contributed by atoms with Gasteiger partial charge in [0, 0.05) is 18.7 Å². The summed E-state index contributed by atoms with van der Waals surface area (Å²) in [6, 6.07) is 9.54. The van der Waals surface area contributed by atoms with E-state index < -0.39 is 0 Å². The van der Waals surface area contributed by atoms with Crippen molar-refractivity contribution in [1.82, 2.24) is 4.90 Å². The van der Waals surface area contributed by atoms with Crippen molar-refractivity contribution in [2.45, 2.75) is 39.2 Å². The molecule has 1 aromatic carbocycles. The van der Waals surface area contributed by atoms with Gasteiger partial charge in [0.05, 0.1) is 6.10 Å². The zero-order chi connectivity index (χ0) is 15.9. The van der Waals surface area contributed by atoms with Gasteiger partial charge in [0.15, 0.2) is 0 Å². The molecule has 0 spiro atoms. The molecule has 0 aliphatic carbocycles. The highest BCUT2D eigenvalue weighted by atomic mass is 16.5. The van der Waals surface area contributed by atoms with Gasteiger partial charge in [0.2, 0.25) is 0 Å². The van der Waals surface area contributed by atoms with Crippen LogP contribution in [0.5, 0.6) is 5.75 Å². The van der Waals surface area contributed by atoms with Crippen LogP contribution in [0.2, 0.25) is 0 Å². The van der Waals surface area contributed by atoms with Crippen molar-refractivity contribution < 1.29 is 9.53 Å². The van der Waals surface area contributed by atoms with Gasteiger partial charge < -0.3 is 9.64 Å². The molecule has 0 radical (unpaired) electrons. The Balaban J connectivity index is 2.25. The molecule has 0 N–H and O–H groups in total. The molecule has 4 nitrogen and oxygen atoms in total. The zero-order valence-electron chi connectivity index (χ0n) is 13.2. The second-order valence-electron chi connectivity index (χ2n) is 5.54. The highest BCUT2D eigenvalue weighted by molar-refractivity contribution is 6.02. The maximum atomic E-state index is 12.4. The minimum atomic E-state index is -0.182. The van der Waals surface area contributed by atoms with Crippen molar-refractivity contribution in [3.8, 4) is 11.8 Å². The van der Waals surface area contributed by atoms with E-state index in [1.807, 2.05) is 37.3 Å². The first-order chi connectivity index (χ1) is 10.7. The van der Waals surface area contributed by atoms with E-state index in [1.54, 1.807) is 11.0 Å². The van der Waals surface area contributed by atoms with E-state index >= 15 is 0 Å². The van der Waals surface area contributed by atoms with E-state index in [1.165, 1.54) is 0 Å². The van der Waals surface area contributed by atoms with Crippen LogP contribution < -0.4 is 4.74 Å². The lowest BCUT2D eigenvalue weighted by atomic mass is 10.1. The van der Waals surface area contributed by atoms with Gasteiger partial charge in [-0.05, 0) is 38.3 Å². The first-order valence-electron chi connectivity index (χ1n) is 7.82. The number of nitrogens with zero attached hydrogens (tertiary/aromatic N) is 2. The van der Waals surface area contributed by atoms with Gasteiger partial charge in [-0.2, -0.15) is 5.26 Å². The standard InChI is InChI=1S/C18H22N2O2/c1-3-14(2)22-17-9-5-4-8-15(17)12-16(13-19)18(21)20-10-6-7-11-20/h4-5,8-9,12,14H,3,6-7,10-11H2,1-2H3/b16-12+/t14-/m0/s1. The van der Waals surface area contributed by atoms with Crippen LogP contribution in [0, 0.1) is 11.3 Å². The van der Waals surface area contributed by atoms with Crippen molar-refractivity contribution in [2.75, 3.05) is 13.1 Å². The average Bonchev–Trinajstić information content (AvgIpc) is 3.07. The van der Waals surface area contributed by atoms with Gasteiger partial charge in [0.25, 0.3) is 5.91 Å². The Morgan fingerprint density at radius 1 is 1.41 bits per heavy atom. The van der Waals surface area contributed by atoms with Crippen molar-refractivity contribution in [3.05, 3.63) is 35.4 Å². The molecule has 1 amide bonds. The summed E-state index contributed by atoms with van der Waals surface area (Å²) in [6.07, 6.45) is 4.65. The van der Waals surface area contributed by atoms with Crippen LogP contribution in [0.4, 0.5) is 0 Å². The lowest BCUT2D eigenvalue weighted by molar-refractivity contribution is -0.125. The highest BCUT2D eigenvalue weighted by Crippen LogP contribution is 2.23. The second-order valence-corrected chi connectivity index (χ2v) is 5.54. The Morgan fingerprint density at radius 3 is 2.73 bits per heavy atom. The molecule has 22 heavy (non-hydrogen) atoms. The lowest BCUT2D eigenvalue weighted by Gasteiger charge is -2.16. The predicted molar refractivity (Wildman–Crippen MR) is 86.2 cm³/mol. The molecule has 1 aliphatic rings. The van der Waals surface area contributed by atoms with Crippen LogP contribution in [-0.2, 0) is 4.79 Å². The number of amides is 1. The fourth-order valence-electron chi connectivity index (χ4n) is 2.40. The smallest absolute Gasteiger partial charge is 0.264 e.